The number of aliphatic hydroxyl groups is 1. The van der Waals surface area contributed by atoms with Gasteiger partial charge in [0.1, 0.15) is 6.10 Å². The lowest BCUT2D eigenvalue weighted by atomic mass is 9.88. The zero-order valence-electron chi connectivity index (χ0n) is 11.6. The van der Waals surface area contributed by atoms with Crippen LogP contribution in [0.2, 0.25) is 5.02 Å². The number of aliphatic hydroxyl groups excluding tert-OH is 1. The van der Waals surface area contributed by atoms with Crippen LogP contribution >= 0.6 is 11.6 Å². The van der Waals surface area contributed by atoms with Crippen molar-refractivity contribution in [2.75, 3.05) is 0 Å². The van der Waals surface area contributed by atoms with Gasteiger partial charge in [0.2, 0.25) is 0 Å². The van der Waals surface area contributed by atoms with Crippen molar-refractivity contribution in [1.82, 2.24) is 9.78 Å². The smallest absolute Gasteiger partial charge is 0.107 e. The summed E-state index contributed by atoms with van der Waals surface area (Å²) in [6.45, 7) is 2.87. The highest BCUT2D eigenvalue weighted by atomic mass is 35.5. The number of aryl methyl sites for hydroxylation is 1. The van der Waals surface area contributed by atoms with Crippen LogP contribution < -0.4 is 0 Å². The molecule has 4 heteroatoms. The Morgan fingerprint density at radius 3 is 2.65 bits per heavy atom. The van der Waals surface area contributed by atoms with E-state index in [1.54, 1.807) is 6.20 Å². The number of benzene rings is 1. The average Bonchev–Trinajstić information content (AvgIpc) is 3.20. The monoisotopic (exact) mass is 290 g/mol. The van der Waals surface area contributed by atoms with Crippen LogP contribution in [-0.4, -0.2) is 14.9 Å². The summed E-state index contributed by atoms with van der Waals surface area (Å²) in [6, 6.07) is 10.2. The predicted octanol–water partition coefficient (Wildman–Crippen LogP) is 3.71. The Morgan fingerprint density at radius 2 is 2.05 bits per heavy atom. The molecule has 1 N–H and O–H groups in total. The fourth-order valence-corrected chi connectivity index (χ4v) is 3.16. The Bertz CT molecular complexity index is 590. The molecular weight excluding hydrogens is 272 g/mol. The Balaban J connectivity index is 1.97. The molecule has 1 aromatic heterocycles. The standard InChI is InChI=1S/C16H19ClN2O/c1-2-10-19-14(13(17)11-18-19)15(20)16(8-9-16)12-6-4-3-5-7-12/h3-7,11,15,20H,2,8-10H2,1H3. The van der Waals surface area contributed by atoms with E-state index in [4.69, 9.17) is 11.6 Å². The topological polar surface area (TPSA) is 38.0 Å². The molecule has 1 fully saturated rings. The maximum Gasteiger partial charge on any atom is 0.107 e. The van der Waals surface area contributed by atoms with Crippen molar-refractivity contribution >= 4 is 11.6 Å². The molecular formula is C16H19ClN2O. The van der Waals surface area contributed by atoms with E-state index in [0.717, 1.165) is 31.5 Å². The summed E-state index contributed by atoms with van der Waals surface area (Å²) >= 11 is 6.25. The van der Waals surface area contributed by atoms with Gasteiger partial charge in [-0.05, 0) is 24.8 Å². The van der Waals surface area contributed by atoms with Gasteiger partial charge in [-0.25, -0.2) is 0 Å². The van der Waals surface area contributed by atoms with E-state index in [0.29, 0.717) is 5.02 Å². The first kappa shape index (κ1) is 13.7. The molecule has 1 aromatic carbocycles. The van der Waals surface area contributed by atoms with E-state index < -0.39 is 6.10 Å². The summed E-state index contributed by atoms with van der Waals surface area (Å²) < 4.78 is 1.84. The van der Waals surface area contributed by atoms with E-state index >= 15 is 0 Å². The van der Waals surface area contributed by atoms with E-state index in [9.17, 15) is 5.11 Å². The van der Waals surface area contributed by atoms with Crippen molar-refractivity contribution in [3.05, 3.63) is 52.8 Å². The molecule has 106 valence electrons. The zero-order chi connectivity index (χ0) is 14.2. The van der Waals surface area contributed by atoms with Gasteiger partial charge in [-0.2, -0.15) is 5.10 Å². The summed E-state index contributed by atoms with van der Waals surface area (Å²) in [7, 11) is 0. The summed E-state index contributed by atoms with van der Waals surface area (Å²) in [4.78, 5) is 0. The third-order valence-electron chi connectivity index (χ3n) is 4.19. The van der Waals surface area contributed by atoms with Crippen LogP contribution in [0.5, 0.6) is 0 Å². The second-order valence-corrected chi connectivity index (χ2v) is 5.93. The fourth-order valence-electron chi connectivity index (χ4n) is 2.92. The van der Waals surface area contributed by atoms with Gasteiger partial charge in [-0.1, -0.05) is 48.9 Å². The van der Waals surface area contributed by atoms with Gasteiger partial charge >= 0.3 is 0 Å². The highest BCUT2D eigenvalue weighted by Gasteiger charge is 2.52. The first-order chi connectivity index (χ1) is 9.69. The molecule has 0 amide bonds. The number of rotatable bonds is 5. The average molecular weight is 291 g/mol. The second-order valence-electron chi connectivity index (χ2n) is 5.53. The molecule has 1 aliphatic carbocycles. The molecule has 1 atom stereocenters. The van der Waals surface area contributed by atoms with Crippen molar-refractivity contribution in [3.8, 4) is 0 Å². The minimum absolute atomic E-state index is 0.184. The molecule has 3 rings (SSSR count). The van der Waals surface area contributed by atoms with E-state index in [-0.39, 0.29) is 5.41 Å². The van der Waals surface area contributed by atoms with Crippen LogP contribution in [-0.2, 0) is 12.0 Å². The maximum atomic E-state index is 10.9. The predicted molar refractivity (Wildman–Crippen MR) is 79.8 cm³/mol. The van der Waals surface area contributed by atoms with Crippen LogP contribution in [0, 0.1) is 0 Å². The summed E-state index contributed by atoms with van der Waals surface area (Å²) in [6.07, 6.45) is 4.00. The van der Waals surface area contributed by atoms with E-state index in [1.165, 1.54) is 5.56 Å². The highest BCUT2D eigenvalue weighted by Crippen LogP contribution is 2.57. The van der Waals surface area contributed by atoms with Crippen LogP contribution in [0.4, 0.5) is 0 Å². The third kappa shape index (κ3) is 2.15. The molecule has 0 spiro atoms. The zero-order valence-corrected chi connectivity index (χ0v) is 12.3. The number of hydrogen-bond acceptors (Lipinski definition) is 2. The summed E-state index contributed by atoms with van der Waals surface area (Å²) in [5, 5.41) is 15.7. The molecule has 1 saturated carbocycles. The molecule has 0 saturated heterocycles. The maximum absolute atomic E-state index is 10.9. The third-order valence-corrected chi connectivity index (χ3v) is 4.48. The van der Waals surface area contributed by atoms with Crippen molar-refractivity contribution < 1.29 is 5.11 Å². The normalized spacial score (nSPS) is 17.9. The minimum atomic E-state index is -0.591. The lowest BCUT2D eigenvalue weighted by Crippen LogP contribution is -2.22. The van der Waals surface area contributed by atoms with Crippen LogP contribution in [0.3, 0.4) is 0 Å². The highest BCUT2D eigenvalue weighted by molar-refractivity contribution is 6.31. The first-order valence-corrected chi connectivity index (χ1v) is 7.51. The summed E-state index contributed by atoms with van der Waals surface area (Å²) in [5.41, 5.74) is 1.76. The van der Waals surface area contributed by atoms with Crippen LogP contribution in [0.15, 0.2) is 36.5 Å². The summed E-state index contributed by atoms with van der Waals surface area (Å²) in [5.74, 6) is 0. The molecule has 1 heterocycles. The quantitative estimate of drug-likeness (QED) is 0.911. The van der Waals surface area contributed by atoms with E-state index in [1.807, 2.05) is 22.9 Å². The minimum Gasteiger partial charge on any atom is -0.386 e. The van der Waals surface area contributed by atoms with Gasteiger partial charge in [-0.3, -0.25) is 4.68 Å². The Hall–Kier alpha value is -1.32. The molecule has 2 aromatic rings. The lowest BCUT2D eigenvalue weighted by molar-refractivity contribution is 0.123. The molecule has 0 radical (unpaired) electrons. The van der Waals surface area contributed by atoms with Crippen molar-refractivity contribution in [2.45, 2.75) is 44.2 Å². The fraction of sp³-hybridized carbons (Fsp3) is 0.438. The Kier molecular flexibility index (Phi) is 3.57. The number of halogens is 1. The van der Waals surface area contributed by atoms with Crippen molar-refractivity contribution in [1.29, 1.82) is 0 Å². The van der Waals surface area contributed by atoms with Gasteiger partial charge < -0.3 is 5.11 Å². The van der Waals surface area contributed by atoms with Crippen LogP contribution in [0.25, 0.3) is 0 Å². The number of hydrogen-bond donors (Lipinski definition) is 1. The number of aromatic nitrogens is 2. The van der Waals surface area contributed by atoms with Crippen molar-refractivity contribution in [2.24, 2.45) is 0 Å². The second kappa shape index (κ2) is 5.23. The molecule has 1 aliphatic rings. The lowest BCUT2D eigenvalue weighted by Gasteiger charge is -2.24. The SMILES string of the molecule is CCCn1ncc(Cl)c1C(O)C1(c2ccccc2)CC1. The van der Waals surface area contributed by atoms with Gasteiger partial charge in [-0.15, -0.1) is 0 Å². The molecule has 1 unspecified atom stereocenters. The van der Waals surface area contributed by atoms with E-state index in [2.05, 4.69) is 24.2 Å². The molecule has 0 bridgehead atoms. The van der Waals surface area contributed by atoms with Gasteiger partial charge in [0.25, 0.3) is 0 Å². The van der Waals surface area contributed by atoms with Crippen LogP contribution in [0.1, 0.15) is 43.5 Å². The largest absolute Gasteiger partial charge is 0.386 e. The Labute approximate surface area is 124 Å². The molecule has 0 aliphatic heterocycles. The van der Waals surface area contributed by atoms with Gasteiger partial charge in [0.05, 0.1) is 16.9 Å². The molecule has 20 heavy (non-hydrogen) atoms. The van der Waals surface area contributed by atoms with Gasteiger partial charge in [0, 0.05) is 12.0 Å². The van der Waals surface area contributed by atoms with Gasteiger partial charge in [0.15, 0.2) is 0 Å². The number of nitrogens with zero attached hydrogens (tertiary/aromatic N) is 2. The molecule has 3 nitrogen and oxygen atoms in total. The Morgan fingerprint density at radius 1 is 1.35 bits per heavy atom. The van der Waals surface area contributed by atoms with Crippen molar-refractivity contribution in [3.63, 3.8) is 0 Å². The first-order valence-electron chi connectivity index (χ1n) is 7.14.